The van der Waals surface area contributed by atoms with Gasteiger partial charge in [-0.1, -0.05) is 13.8 Å². The van der Waals surface area contributed by atoms with Crippen LogP contribution >= 0.6 is 0 Å². The summed E-state index contributed by atoms with van der Waals surface area (Å²) in [7, 11) is 0. The summed E-state index contributed by atoms with van der Waals surface area (Å²) in [6.45, 7) is 5.94. The molecule has 4 heteroatoms. The van der Waals surface area contributed by atoms with Crippen LogP contribution in [0, 0.1) is 5.92 Å². The molecule has 16 heavy (non-hydrogen) atoms. The van der Waals surface area contributed by atoms with Crippen LogP contribution in [0.3, 0.4) is 0 Å². The summed E-state index contributed by atoms with van der Waals surface area (Å²) in [5.74, 6) is 1.49. The Balaban J connectivity index is 2.22. The second-order valence-corrected chi connectivity index (χ2v) is 4.80. The van der Waals surface area contributed by atoms with E-state index in [1.54, 1.807) is 0 Å². The van der Waals surface area contributed by atoms with Gasteiger partial charge >= 0.3 is 0 Å². The van der Waals surface area contributed by atoms with Crippen molar-refractivity contribution < 1.29 is 0 Å². The molecule has 1 aliphatic rings. The van der Waals surface area contributed by atoms with E-state index < -0.39 is 0 Å². The van der Waals surface area contributed by atoms with Gasteiger partial charge in [0.15, 0.2) is 0 Å². The van der Waals surface area contributed by atoms with Gasteiger partial charge in [-0.25, -0.2) is 4.98 Å². The second kappa shape index (κ2) is 4.78. The molecule has 0 aliphatic carbocycles. The average Bonchev–Trinajstić information content (AvgIpc) is 2.26. The first kappa shape index (κ1) is 11.3. The molecule has 0 amide bonds. The highest BCUT2D eigenvalue weighted by atomic mass is 16.1. The lowest BCUT2D eigenvalue weighted by molar-refractivity contribution is 0.563. The maximum absolute atomic E-state index is 11.8. The van der Waals surface area contributed by atoms with Crippen LogP contribution in [0.2, 0.25) is 0 Å². The number of nitrogens with one attached hydrogen (secondary N) is 2. The third kappa shape index (κ3) is 2.50. The van der Waals surface area contributed by atoms with E-state index in [1.807, 2.05) is 0 Å². The van der Waals surface area contributed by atoms with Crippen molar-refractivity contribution in [3.63, 3.8) is 0 Å². The first-order valence-electron chi connectivity index (χ1n) is 5.98. The van der Waals surface area contributed by atoms with Gasteiger partial charge in [-0.05, 0) is 12.3 Å². The molecule has 0 spiro atoms. The van der Waals surface area contributed by atoms with Crippen LogP contribution in [0.25, 0.3) is 0 Å². The molecule has 0 saturated heterocycles. The topological polar surface area (TPSA) is 57.8 Å². The molecule has 2 N–H and O–H groups in total. The Hall–Kier alpha value is -1.16. The van der Waals surface area contributed by atoms with E-state index in [2.05, 4.69) is 29.1 Å². The van der Waals surface area contributed by atoms with E-state index in [9.17, 15) is 4.79 Å². The lowest BCUT2D eigenvalue weighted by atomic mass is 10.1. The Labute approximate surface area is 95.5 Å². The molecule has 2 heterocycles. The van der Waals surface area contributed by atoms with Crippen molar-refractivity contribution >= 4 is 0 Å². The average molecular weight is 221 g/mol. The van der Waals surface area contributed by atoms with Crippen molar-refractivity contribution in [3.05, 3.63) is 27.4 Å². The second-order valence-electron chi connectivity index (χ2n) is 4.80. The van der Waals surface area contributed by atoms with Gasteiger partial charge in [0.2, 0.25) is 0 Å². The zero-order valence-electron chi connectivity index (χ0n) is 9.97. The molecule has 4 nitrogen and oxygen atoms in total. The quantitative estimate of drug-likeness (QED) is 0.800. The van der Waals surface area contributed by atoms with Crippen LogP contribution in [-0.4, -0.2) is 16.5 Å². The zero-order valence-corrected chi connectivity index (χ0v) is 9.97. The molecule has 0 atom stereocenters. The fourth-order valence-corrected chi connectivity index (χ4v) is 1.95. The van der Waals surface area contributed by atoms with E-state index in [0.29, 0.717) is 12.5 Å². The molecular weight excluding hydrogens is 202 g/mol. The normalized spacial score (nSPS) is 15.2. The van der Waals surface area contributed by atoms with Crippen LogP contribution in [0.1, 0.15) is 37.4 Å². The fraction of sp³-hybridized carbons (Fsp3) is 0.667. The predicted molar refractivity (Wildman–Crippen MR) is 63.4 cm³/mol. The Morgan fingerprint density at radius 3 is 3.00 bits per heavy atom. The lowest BCUT2D eigenvalue weighted by Gasteiger charge is -2.16. The maximum Gasteiger partial charge on any atom is 0.255 e. The van der Waals surface area contributed by atoms with Gasteiger partial charge in [0.25, 0.3) is 5.56 Å². The number of fused-ring (bicyclic) bond motifs is 1. The summed E-state index contributed by atoms with van der Waals surface area (Å²) in [4.78, 5) is 19.2. The van der Waals surface area contributed by atoms with E-state index >= 15 is 0 Å². The molecule has 0 unspecified atom stereocenters. The Morgan fingerprint density at radius 2 is 2.25 bits per heavy atom. The SMILES string of the molecule is CC(C)CCc1nc2c(c(=O)[nH]1)CNCC2. The molecule has 1 aromatic rings. The third-order valence-corrected chi connectivity index (χ3v) is 2.95. The molecule has 88 valence electrons. The fourth-order valence-electron chi connectivity index (χ4n) is 1.95. The predicted octanol–water partition coefficient (Wildman–Crippen LogP) is 1.00. The Kier molecular flexibility index (Phi) is 3.39. The van der Waals surface area contributed by atoms with Gasteiger partial charge in [0.1, 0.15) is 5.82 Å². The third-order valence-electron chi connectivity index (χ3n) is 2.95. The van der Waals surface area contributed by atoms with Gasteiger partial charge in [-0.3, -0.25) is 4.79 Å². The van der Waals surface area contributed by atoms with E-state index in [0.717, 1.165) is 42.9 Å². The van der Waals surface area contributed by atoms with Crippen LogP contribution in [0.15, 0.2) is 4.79 Å². The number of nitrogens with zero attached hydrogens (tertiary/aromatic N) is 1. The van der Waals surface area contributed by atoms with Gasteiger partial charge in [-0.15, -0.1) is 0 Å². The van der Waals surface area contributed by atoms with Gasteiger partial charge in [0.05, 0.1) is 11.3 Å². The summed E-state index contributed by atoms with van der Waals surface area (Å²) in [5.41, 5.74) is 1.84. The van der Waals surface area contributed by atoms with Gasteiger partial charge < -0.3 is 10.3 Å². The maximum atomic E-state index is 11.8. The van der Waals surface area contributed by atoms with E-state index in [4.69, 9.17) is 0 Å². The molecule has 2 rings (SSSR count). The molecule has 0 fully saturated rings. The molecule has 0 radical (unpaired) electrons. The summed E-state index contributed by atoms with van der Waals surface area (Å²) in [6, 6.07) is 0. The number of H-pyrrole nitrogens is 1. The molecule has 0 saturated carbocycles. The van der Waals surface area contributed by atoms with Crippen molar-refractivity contribution in [2.45, 2.75) is 39.7 Å². The summed E-state index contributed by atoms with van der Waals surface area (Å²) in [5, 5.41) is 3.19. The lowest BCUT2D eigenvalue weighted by Crippen LogP contribution is -2.32. The minimum absolute atomic E-state index is 0.0379. The number of hydrogen-bond acceptors (Lipinski definition) is 3. The first-order chi connectivity index (χ1) is 7.66. The van der Waals surface area contributed by atoms with Crippen LogP contribution < -0.4 is 10.9 Å². The zero-order chi connectivity index (χ0) is 11.5. The van der Waals surface area contributed by atoms with Crippen molar-refractivity contribution in [1.29, 1.82) is 0 Å². The summed E-state index contributed by atoms with van der Waals surface area (Å²) >= 11 is 0. The largest absolute Gasteiger partial charge is 0.312 e. The molecule has 0 aromatic carbocycles. The molecule has 1 aromatic heterocycles. The van der Waals surface area contributed by atoms with Crippen LogP contribution in [0.5, 0.6) is 0 Å². The minimum atomic E-state index is 0.0379. The highest BCUT2D eigenvalue weighted by Gasteiger charge is 2.14. The molecule has 1 aliphatic heterocycles. The monoisotopic (exact) mass is 221 g/mol. The number of aryl methyl sites for hydroxylation is 1. The van der Waals surface area contributed by atoms with Crippen molar-refractivity contribution in [2.75, 3.05) is 6.54 Å². The number of hydrogen-bond donors (Lipinski definition) is 2. The molecule has 0 bridgehead atoms. The van der Waals surface area contributed by atoms with Gasteiger partial charge in [0, 0.05) is 25.9 Å². The highest BCUT2D eigenvalue weighted by Crippen LogP contribution is 2.09. The summed E-state index contributed by atoms with van der Waals surface area (Å²) < 4.78 is 0. The minimum Gasteiger partial charge on any atom is -0.312 e. The van der Waals surface area contributed by atoms with E-state index in [1.165, 1.54) is 0 Å². The highest BCUT2D eigenvalue weighted by molar-refractivity contribution is 5.20. The van der Waals surface area contributed by atoms with Crippen molar-refractivity contribution in [1.82, 2.24) is 15.3 Å². The number of aromatic amines is 1. The van der Waals surface area contributed by atoms with Crippen LogP contribution in [0.4, 0.5) is 0 Å². The van der Waals surface area contributed by atoms with Gasteiger partial charge in [-0.2, -0.15) is 0 Å². The Morgan fingerprint density at radius 1 is 1.44 bits per heavy atom. The van der Waals surface area contributed by atoms with Crippen LogP contribution in [-0.2, 0) is 19.4 Å². The number of aromatic nitrogens is 2. The standard InChI is InChI=1S/C12H19N3O/c1-8(2)3-4-11-14-10-5-6-13-7-9(10)12(16)15-11/h8,13H,3-7H2,1-2H3,(H,14,15,16). The molecular formula is C12H19N3O. The number of rotatable bonds is 3. The van der Waals surface area contributed by atoms with Crippen molar-refractivity contribution in [3.8, 4) is 0 Å². The smallest absolute Gasteiger partial charge is 0.255 e. The Bertz CT molecular complexity index is 423. The van der Waals surface area contributed by atoms with Crippen molar-refractivity contribution in [2.24, 2.45) is 5.92 Å². The summed E-state index contributed by atoms with van der Waals surface area (Å²) in [6.07, 6.45) is 2.81. The van der Waals surface area contributed by atoms with E-state index in [-0.39, 0.29) is 5.56 Å². The first-order valence-corrected chi connectivity index (χ1v) is 5.98.